The molecule has 1 amide bonds. The van der Waals surface area contributed by atoms with Crippen LogP contribution in [0.3, 0.4) is 0 Å². The van der Waals surface area contributed by atoms with E-state index in [1.165, 1.54) is 24.5 Å². The number of carbonyl (C=O) groups excluding carboxylic acids is 1. The molecule has 2 aromatic heterocycles. The second-order valence-corrected chi connectivity index (χ2v) is 8.63. The molecule has 0 spiro atoms. The van der Waals surface area contributed by atoms with E-state index in [4.69, 9.17) is 4.42 Å². The second kappa shape index (κ2) is 6.68. The first-order valence-corrected chi connectivity index (χ1v) is 10.5. The van der Waals surface area contributed by atoms with Crippen molar-refractivity contribution in [3.63, 3.8) is 0 Å². The minimum absolute atomic E-state index is 0.0277. The molecule has 1 N–H and O–H groups in total. The highest BCUT2D eigenvalue weighted by atomic mass is 32.2. The average molecular weight is 391 g/mol. The van der Waals surface area contributed by atoms with Gasteiger partial charge in [0, 0.05) is 25.4 Å². The molecule has 3 heterocycles. The van der Waals surface area contributed by atoms with E-state index >= 15 is 0 Å². The van der Waals surface area contributed by atoms with Gasteiger partial charge < -0.3 is 9.32 Å². The smallest absolute Gasteiger partial charge is 0.242 e. The van der Waals surface area contributed by atoms with Crippen molar-refractivity contribution in [2.75, 3.05) is 13.1 Å². The van der Waals surface area contributed by atoms with Crippen molar-refractivity contribution < 1.29 is 17.6 Å². The highest BCUT2D eigenvalue weighted by Crippen LogP contribution is 2.56. The lowest BCUT2D eigenvalue weighted by Crippen LogP contribution is -2.55. The molecule has 9 nitrogen and oxygen atoms in total. The Morgan fingerprint density at radius 2 is 2.26 bits per heavy atom. The molecule has 2 aliphatic rings. The Morgan fingerprint density at radius 1 is 1.41 bits per heavy atom. The van der Waals surface area contributed by atoms with Gasteiger partial charge in [0.2, 0.25) is 27.7 Å². The fourth-order valence-electron chi connectivity index (χ4n) is 4.00. The molecule has 144 valence electrons. The molecule has 0 unspecified atom stereocenters. The largest absolute Gasteiger partial charge is 0.423 e. The first kappa shape index (κ1) is 18.1. The minimum atomic E-state index is -3.79. The van der Waals surface area contributed by atoms with Crippen molar-refractivity contribution in [3.8, 4) is 0 Å². The fourth-order valence-corrected chi connectivity index (χ4v) is 4.94. The molecule has 2 aromatic rings. The summed E-state index contributed by atoms with van der Waals surface area (Å²) in [6.45, 7) is 2.17. The Kier molecular flexibility index (Phi) is 4.47. The molecular weight excluding hydrogens is 370 g/mol. The summed E-state index contributed by atoms with van der Waals surface area (Å²) in [4.78, 5) is 18.4. The molecule has 1 saturated carbocycles. The molecule has 4 rings (SSSR count). The van der Waals surface area contributed by atoms with Gasteiger partial charge in [0.1, 0.15) is 10.4 Å². The quantitative estimate of drug-likeness (QED) is 0.775. The van der Waals surface area contributed by atoms with Crippen LogP contribution in [0.2, 0.25) is 0 Å². The van der Waals surface area contributed by atoms with Crippen molar-refractivity contribution in [3.05, 3.63) is 36.3 Å². The number of fused-ring (bicyclic) bond motifs is 1. The molecule has 10 heteroatoms. The van der Waals surface area contributed by atoms with Crippen LogP contribution in [0.4, 0.5) is 0 Å². The average Bonchev–Trinajstić information content (AvgIpc) is 3.23. The number of aryl methyl sites for hydroxylation is 1. The zero-order valence-corrected chi connectivity index (χ0v) is 15.8. The van der Waals surface area contributed by atoms with Crippen molar-refractivity contribution in [1.29, 1.82) is 0 Å². The van der Waals surface area contributed by atoms with Crippen LogP contribution in [0.5, 0.6) is 0 Å². The maximum absolute atomic E-state index is 12.9. The van der Waals surface area contributed by atoms with Crippen molar-refractivity contribution in [2.24, 2.45) is 5.92 Å². The molecule has 0 bridgehead atoms. The van der Waals surface area contributed by atoms with E-state index in [-0.39, 0.29) is 23.3 Å². The van der Waals surface area contributed by atoms with E-state index < -0.39 is 15.6 Å². The monoisotopic (exact) mass is 391 g/mol. The van der Waals surface area contributed by atoms with Crippen LogP contribution in [0.1, 0.15) is 38.0 Å². The number of hydrogen-bond acceptors (Lipinski definition) is 7. The lowest BCUT2D eigenvalue weighted by atomic mass is 9.67. The second-order valence-electron chi connectivity index (χ2n) is 6.86. The third-order valence-corrected chi connectivity index (χ3v) is 6.92. The van der Waals surface area contributed by atoms with Gasteiger partial charge in [-0.3, -0.25) is 9.78 Å². The Hall–Kier alpha value is -2.33. The normalized spacial score (nSPS) is 24.5. The van der Waals surface area contributed by atoms with Gasteiger partial charge in [0.05, 0.1) is 6.54 Å². The lowest BCUT2D eigenvalue weighted by molar-refractivity contribution is -0.141. The minimum Gasteiger partial charge on any atom is -0.423 e. The van der Waals surface area contributed by atoms with Gasteiger partial charge >= 0.3 is 0 Å². The van der Waals surface area contributed by atoms with Crippen LogP contribution in [0, 0.1) is 5.92 Å². The van der Waals surface area contributed by atoms with Crippen LogP contribution in [0.15, 0.2) is 33.8 Å². The zero-order valence-electron chi connectivity index (χ0n) is 15.0. The Balaban J connectivity index is 1.51. The molecule has 1 aliphatic carbocycles. The molecule has 0 radical (unpaired) electrons. The van der Waals surface area contributed by atoms with Crippen molar-refractivity contribution in [1.82, 2.24) is 24.8 Å². The van der Waals surface area contributed by atoms with Gasteiger partial charge in [-0.15, -0.1) is 10.2 Å². The van der Waals surface area contributed by atoms with Gasteiger partial charge in [-0.25, -0.2) is 13.1 Å². The maximum atomic E-state index is 12.9. The van der Waals surface area contributed by atoms with Crippen LogP contribution in [-0.4, -0.2) is 47.5 Å². The first-order valence-electron chi connectivity index (χ1n) is 9.00. The molecular formula is C17H21N5O4S. The predicted molar refractivity (Wildman–Crippen MR) is 93.8 cm³/mol. The number of likely N-dealkylation sites (tertiary alicyclic amines) is 1. The highest BCUT2D eigenvalue weighted by Gasteiger charge is 2.60. The molecule has 27 heavy (non-hydrogen) atoms. The third kappa shape index (κ3) is 2.92. The van der Waals surface area contributed by atoms with Crippen LogP contribution >= 0.6 is 0 Å². The third-order valence-electron chi connectivity index (χ3n) is 5.53. The topological polar surface area (TPSA) is 118 Å². The highest BCUT2D eigenvalue weighted by molar-refractivity contribution is 7.89. The lowest BCUT2D eigenvalue weighted by Gasteiger charge is -2.47. The number of rotatable bonds is 6. The van der Waals surface area contributed by atoms with E-state index in [1.54, 1.807) is 4.90 Å². The number of sulfonamides is 1. The Bertz CT molecular complexity index is 945. The summed E-state index contributed by atoms with van der Waals surface area (Å²) in [5.74, 6) is 1.00. The van der Waals surface area contributed by atoms with Crippen LogP contribution in [0.25, 0.3) is 0 Å². The fraction of sp³-hybridized carbons (Fsp3) is 0.529. The number of aromatic nitrogens is 3. The predicted octanol–water partition coefficient (Wildman–Crippen LogP) is 0.843. The van der Waals surface area contributed by atoms with Crippen molar-refractivity contribution >= 4 is 15.9 Å². The molecule has 0 aromatic carbocycles. The number of nitrogens with one attached hydrogen (secondary N) is 1. The SMILES string of the molecule is CCc1nnc([C@]23CC[C@H]2CCN3C(=O)CNS(=O)(=O)c2cccnc2)o1. The summed E-state index contributed by atoms with van der Waals surface area (Å²) in [6.07, 6.45) is 5.97. The molecule has 1 aliphatic heterocycles. The summed E-state index contributed by atoms with van der Waals surface area (Å²) in [5, 5.41) is 8.21. The number of nitrogens with zero attached hydrogens (tertiary/aromatic N) is 4. The van der Waals surface area contributed by atoms with Crippen LogP contribution in [-0.2, 0) is 26.8 Å². The Labute approximate surface area is 157 Å². The van der Waals surface area contributed by atoms with E-state index in [0.29, 0.717) is 24.7 Å². The van der Waals surface area contributed by atoms with E-state index in [2.05, 4.69) is 19.9 Å². The van der Waals surface area contributed by atoms with E-state index in [1.807, 2.05) is 6.92 Å². The summed E-state index contributed by atoms with van der Waals surface area (Å²) in [7, 11) is -3.79. The molecule has 2 fully saturated rings. The Morgan fingerprint density at radius 3 is 2.89 bits per heavy atom. The first-order chi connectivity index (χ1) is 13.0. The van der Waals surface area contributed by atoms with E-state index in [9.17, 15) is 13.2 Å². The van der Waals surface area contributed by atoms with Gasteiger partial charge in [0.25, 0.3) is 0 Å². The summed E-state index contributed by atoms with van der Waals surface area (Å²) in [5.41, 5.74) is -0.586. The van der Waals surface area contributed by atoms with Gasteiger partial charge in [-0.05, 0) is 37.3 Å². The van der Waals surface area contributed by atoms with Gasteiger partial charge in [0.15, 0.2) is 0 Å². The number of hydrogen-bond donors (Lipinski definition) is 1. The van der Waals surface area contributed by atoms with Crippen molar-refractivity contribution in [2.45, 2.75) is 43.0 Å². The van der Waals surface area contributed by atoms with Gasteiger partial charge in [-0.1, -0.05) is 6.92 Å². The summed E-state index contributed by atoms with van der Waals surface area (Å²) < 4.78 is 32.8. The standard InChI is InChI=1S/C17H21N5O4S/c1-2-14-20-21-16(26-14)17-7-5-12(17)6-9-22(17)15(23)11-19-27(24,25)13-4-3-8-18-10-13/h3-4,8,10,12,19H,2,5-7,9,11H2,1H3/t12-,17-/m0/s1. The molecule has 1 saturated heterocycles. The maximum Gasteiger partial charge on any atom is 0.242 e. The number of carbonyl (C=O) groups is 1. The number of pyridine rings is 1. The van der Waals surface area contributed by atoms with Gasteiger partial charge in [-0.2, -0.15) is 0 Å². The summed E-state index contributed by atoms with van der Waals surface area (Å²) in [6, 6.07) is 2.97. The molecule has 2 atom stereocenters. The summed E-state index contributed by atoms with van der Waals surface area (Å²) >= 11 is 0. The van der Waals surface area contributed by atoms with Crippen LogP contribution < -0.4 is 4.72 Å². The zero-order chi connectivity index (χ0) is 19.1. The number of amides is 1. The van der Waals surface area contributed by atoms with E-state index in [0.717, 1.165) is 19.3 Å².